The van der Waals surface area contributed by atoms with Crippen LogP contribution in [0.4, 0.5) is 0 Å². The molecule has 0 amide bonds. The summed E-state index contributed by atoms with van der Waals surface area (Å²) in [5.41, 5.74) is 8.42. The van der Waals surface area contributed by atoms with E-state index >= 15 is 0 Å². The first-order valence-corrected chi connectivity index (χ1v) is 6.05. The van der Waals surface area contributed by atoms with Crippen LogP contribution in [0.1, 0.15) is 62.9 Å². The predicted octanol–water partition coefficient (Wildman–Crippen LogP) is 2.58. The van der Waals surface area contributed by atoms with Gasteiger partial charge in [0.2, 0.25) is 0 Å². The molecule has 1 aromatic rings. The van der Waals surface area contributed by atoms with Gasteiger partial charge in [-0.05, 0) is 32.3 Å². The topological polar surface area (TPSA) is 43.8 Å². The molecule has 84 valence electrons. The molecule has 1 aliphatic rings. The van der Waals surface area contributed by atoms with E-state index < -0.39 is 0 Å². The lowest BCUT2D eigenvalue weighted by Crippen LogP contribution is -2.13. The number of nitrogens with zero attached hydrogens (tertiary/aromatic N) is 2. The summed E-state index contributed by atoms with van der Waals surface area (Å²) in [6, 6.07) is 2.31. The smallest absolute Gasteiger partial charge is 0.0659 e. The van der Waals surface area contributed by atoms with Gasteiger partial charge in [0, 0.05) is 18.5 Å². The Balaban J connectivity index is 2.22. The maximum absolute atomic E-state index is 5.96. The van der Waals surface area contributed by atoms with Crippen LogP contribution in [0.3, 0.4) is 0 Å². The fourth-order valence-corrected chi connectivity index (χ4v) is 2.11. The van der Waals surface area contributed by atoms with Crippen LogP contribution in [0, 0.1) is 0 Å². The van der Waals surface area contributed by atoms with Gasteiger partial charge in [0.1, 0.15) is 0 Å². The normalized spacial score (nSPS) is 18.9. The number of hydrogen-bond donors (Lipinski definition) is 1. The van der Waals surface area contributed by atoms with Crippen molar-refractivity contribution >= 4 is 0 Å². The summed E-state index contributed by atoms with van der Waals surface area (Å²) in [5, 5.41) is 4.68. The molecule has 0 radical (unpaired) electrons. The highest BCUT2D eigenvalue weighted by molar-refractivity contribution is 5.18. The molecule has 1 saturated carbocycles. The zero-order valence-corrected chi connectivity index (χ0v) is 9.74. The molecule has 0 unspecified atom stereocenters. The van der Waals surface area contributed by atoms with Crippen LogP contribution in [0.5, 0.6) is 0 Å². The Labute approximate surface area is 91.7 Å². The first kappa shape index (κ1) is 10.7. The van der Waals surface area contributed by atoms with Crippen LogP contribution < -0.4 is 5.73 Å². The molecule has 1 heterocycles. The van der Waals surface area contributed by atoms with Crippen LogP contribution in [0.25, 0.3) is 0 Å². The molecule has 2 rings (SSSR count). The van der Waals surface area contributed by atoms with E-state index in [1.54, 1.807) is 0 Å². The van der Waals surface area contributed by atoms with E-state index in [-0.39, 0.29) is 6.04 Å². The van der Waals surface area contributed by atoms with E-state index in [1.807, 2.05) is 6.92 Å². The molecule has 1 fully saturated rings. The Hall–Kier alpha value is -0.830. The average Bonchev–Trinajstić information content (AvgIpc) is 2.46. The van der Waals surface area contributed by atoms with Gasteiger partial charge in [-0.2, -0.15) is 5.10 Å². The van der Waals surface area contributed by atoms with Gasteiger partial charge in [0.25, 0.3) is 0 Å². The van der Waals surface area contributed by atoms with Gasteiger partial charge in [-0.1, -0.05) is 13.3 Å². The van der Waals surface area contributed by atoms with Crippen LogP contribution in [0.2, 0.25) is 0 Å². The molecule has 1 atom stereocenters. The minimum absolute atomic E-state index is 0.0953. The number of rotatable bonds is 4. The second kappa shape index (κ2) is 4.35. The molecule has 0 saturated heterocycles. The molecule has 1 aromatic heterocycles. The minimum atomic E-state index is 0.0953. The number of aryl methyl sites for hydroxylation is 1. The summed E-state index contributed by atoms with van der Waals surface area (Å²) in [7, 11) is 0. The fourth-order valence-electron chi connectivity index (χ4n) is 2.11. The van der Waals surface area contributed by atoms with Gasteiger partial charge in [-0.3, -0.25) is 4.68 Å². The highest BCUT2D eigenvalue weighted by atomic mass is 15.3. The van der Waals surface area contributed by atoms with E-state index in [1.165, 1.54) is 30.7 Å². The third kappa shape index (κ3) is 2.07. The highest BCUT2D eigenvalue weighted by Crippen LogP contribution is 2.36. The zero-order chi connectivity index (χ0) is 10.8. The monoisotopic (exact) mass is 207 g/mol. The van der Waals surface area contributed by atoms with E-state index in [4.69, 9.17) is 5.73 Å². The molecule has 2 N–H and O–H groups in total. The van der Waals surface area contributed by atoms with Crippen molar-refractivity contribution in [3.05, 3.63) is 17.5 Å². The van der Waals surface area contributed by atoms with Crippen molar-refractivity contribution in [2.45, 2.75) is 58.0 Å². The molecule has 1 aliphatic carbocycles. The van der Waals surface area contributed by atoms with Crippen LogP contribution >= 0.6 is 0 Å². The van der Waals surface area contributed by atoms with E-state index in [9.17, 15) is 0 Å². The SMILES string of the molecule is CCCn1nc(C2CCC2)cc1[C@H](C)N. The van der Waals surface area contributed by atoms with Crippen molar-refractivity contribution in [2.24, 2.45) is 5.73 Å². The lowest BCUT2D eigenvalue weighted by Gasteiger charge is -2.22. The van der Waals surface area contributed by atoms with Gasteiger partial charge >= 0.3 is 0 Å². The van der Waals surface area contributed by atoms with E-state index in [2.05, 4.69) is 22.8 Å². The van der Waals surface area contributed by atoms with Crippen molar-refractivity contribution in [1.82, 2.24) is 9.78 Å². The zero-order valence-electron chi connectivity index (χ0n) is 9.74. The van der Waals surface area contributed by atoms with Crippen LogP contribution in [-0.4, -0.2) is 9.78 Å². The van der Waals surface area contributed by atoms with Crippen molar-refractivity contribution in [3.8, 4) is 0 Å². The second-order valence-corrected chi connectivity index (χ2v) is 4.63. The summed E-state index contributed by atoms with van der Waals surface area (Å²) in [5.74, 6) is 0.709. The third-order valence-corrected chi connectivity index (χ3v) is 3.26. The quantitative estimate of drug-likeness (QED) is 0.824. The Morgan fingerprint density at radius 2 is 2.33 bits per heavy atom. The van der Waals surface area contributed by atoms with Crippen LogP contribution in [0.15, 0.2) is 6.07 Å². The van der Waals surface area contributed by atoms with Crippen LogP contribution in [-0.2, 0) is 6.54 Å². The lowest BCUT2D eigenvalue weighted by molar-refractivity contribution is 0.404. The Bertz CT molecular complexity index is 324. The molecule has 0 spiro atoms. The summed E-state index contributed by atoms with van der Waals surface area (Å²) in [6.07, 6.45) is 5.09. The predicted molar refractivity (Wildman–Crippen MR) is 61.7 cm³/mol. The Morgan fingerprint density at radius 1 is 1.60 bits per heavy atom. The largest absolute Gasteiger partial charge is 0.323 e. The first-order valence-electron chi connectivity index (χ1n) is 6.05. The first-order chi connectivity index (χ1) is 7.22. The van der Waals surface area contributed by atoms with Gasteiger partial charge in [-0.25, -0.2) is 0 Å². The molecule has 3 heteroatoms. The summed E-state index contributed by atoms with van der Waals surface area (Å²) in [4.78, 5) is 0. The molecule has 0 bridgehead atoms. The van der Waals surface area contributed by atoms with E-state index in [0.717, 1.165) is 13.0 Å². The number of nitrogens with two attached hydrogens (primary N) is 1. The summed E-state index contributed by atoms with van der Waals surface area (Å²) in [6.45, 7) is 5.20. The van der Waals surface area contributed by atoms with Gasteiger partial charge in [0.15, 0.2) is 0 Å². The Morgan fingerprint density at radius 3 is 2.80 bits per heavy atom. The molecule has 15 heavy (non-hydrogen) atoms. The van der Waals surface area contributed by atoms with Crippen molar-refractivity contribution in [3.63, 3.8) is 0 Å². The van der Waals surface area contributed by atoms with Crippen molar-refractivity contribution in [2.75, 3.05) is 0 Å². The molecule has 3 nitrogen and oxygen atoms in total. The standard InChI is InChI=1S/C12H21N3/c1-3-7-15-12(9(2)13)8-11(14-15)10-5-4-6-10/h8-10H,3-7,13H2,1-2H3/t9-/m0/s1. The van der Waals surface area contributed by atoms with E-state index in [0.29, 0.717) is 5.92 Å². The highest BCUT2D eigenvalue weighted by Gasteiger charge is 2.23. The summed E-state index contributed by atoms with van der Waals surface area (Å²) < 4.78 is 2.10. The maximum atomic E-state index is 5.96. The van der Waals surface area contributed by atoms with Crippen molar-refractivity contribution < 1.29 is 0 Å². The Kier molecular flexibility index (Phi) is 3.10. The lowest BCUT2D eigenvalue weighted by atomic mass is 9.83. The molecular formula is C12H21N3. The molecular weight excluding hydrogens is 186 g/mol. The van der Waals surface area contributed by atoms with Gasteiger partial charge in [-0.15, -0.1) is 0 Å². The fraction of sp³-hybridized carbons (Fsp3) is 0.750. The molecule has 0 aromatic carbocycles. The number of aromatic nitrogens is 2. The van der Waals surface area contributed by atoms with Gasteiger partial charge in [0.05, 0.1) is 11.4 Å². The third-order valence-electron chi connectivity index (χ3n) is 3.26. The average molecular weight is 207 g/mol. The van der Waals surface area contributed by atoms with Gasteiger partial charge < -0.3 is 5.73 Å². The second-order valence-electron chi connectivity index (χ2n) is 4.63. The maximum Gasteiger partial charge on any atom is 0.0659 e. The molecule has 0 aliphatic heterocycles. The minimum Gasteiger partial charge on any atom is -0.323 e. The number of hydrogen-bond acceptors (Lipinski definition) is 2. The van der Waals surface area contributed by atoms with Crippen molar-refractivity contribution in [1.29, 1.82) is 0 Å². The summed E-state index contributed by atoms with van der Waals surface area (Å²) >= 11 is 0.